The first-order valence-corrected chi connectivity index (χ1v) is 9.07. The van der Waals surface area contributed by atoms with Crippen LogP contribution in [0.1, 0.15) is 23.7 Å². The molecule has 3 aromatic rings. The summed E-state index contributed by atoms with van der Waals surface area (Å²) in [6, 6.07) is 9.62. The number of imide groups is 1. The van der Waals surface area contributed by atoms with Crippen LogP contribution in [-0.2, 0) is 16.9 Å². The second-order valence-corrected chi connectivity index (χ2v) is 7.22. The molecular formula is C20H17N5O5. The molecule has 0 spiro atoms. The molecule has 1 aromatic carbocycles. The number of rotatable bonds is 4. The predicted octanol–water partition coefficient (Wildman–Crippen LogP) is 1.88. The Labute approximate surface area is 169 Å². The number of benzene rings is 1. The molecule has 1 atom stereocenters. The van der Waals surface area contributed by atoms with Gasteiger partial charge in [0, 0.05) is 24.4 Å². The quantitative estimate of drug-likeness (QED) is 0.400. The number of nitrogens with zero attached hydrogens (tertiary/aromatic N) is 4. The molecule has 1 aliphatic rings. The van der Waals surface area contributed by atoms with Gasteiger partial charge < -0.3 is 5.32 Å². The van der Waals surface area contributed by atoms with Crippen LogP contribution >= 0.6 is 0 Å². The molecule has 3 amide bonds. The summed E-state index contributed by atoms with van der Waals surface area (Å²) in [7, 11) is 0. The first kappa shape index (κ1) is 19.2. The van der Waals surface area contributed by atoms with Crippen LogP contribution in [0.25, 0.3) is 5.65 Å². The molecule has 2 aromatic heterocycles. The molecule has 1 saturated heterocycles. The number of amides is 3. The number of nitro benzene ring substituents is 1. The average Bonchev–Trinajstić information content (AvgIpc) is 2.93. The van der Waals surface area contributed by atoms with Gasteiger partial charge in [0.1, 0.15) is 11.2 Å². The van der Waals surface area contributed by atoms with Crippen LogP contribution in [0.3, 0.4) is 0 Å². The SMILES string of the molecule is Cc1cccn2c(=O)cc(CN3C(=O)NC(C)(c4ccc([N+](=O)[O-])cc4)C3=O)nc12. The summed E-state index contributed by atoms with van der Waals surface area (Å²) in [4.78, 5) is 53.7. The minimum Gasteiger partial charge on any atom is -0.319 e. The number of carbonyl (C=O) groups excluding carboxylic acids is 2. The third kappa shape index (κ3) is 2.98. The lowest BCUT2D eigenvalue weighted by Crippen LogP contribution is -2.40. The summed E-state index contributed by atoms with van der Waals surface area (Å²) in [5.41, 5.74) is 0.112. The smallest absolute Gasteiger partial charge is 0.319 e. The molecule has 1 aliphatic heterocycles. The van der Waals surface area contributed by atoms with E-state index in [0.29, 0.717) is 11.2 Å². The molecule has 1 N–H and O–H groups in total. The number of hydrogen-bond donors (Lipinski definition) is 1. The Kier molecular flexibility index (Phi) is 4.34. The predicted molar refractivity (Wildman–Crippen MR) is 106 cm³/mol. The second kappa shape index (κ2) is 6.76. The van der Waals surface area contributed by atoms with E-state index in [1.807, 2.05) is 13.0 Å². The van der Waals surface area contributed by atoms with Crippen molar-refractivity contribution in [2.45, 2.75) is 25.9 Å². The van der Waals surface area contributed by atoms with E-state index >= 15 is 0 Å². The first-order valence-electron chi connectivity index (χ1n) is 9.07. The molecule has 4 rings (SSSR count). The number of non-ortho nitro benzene ring substituents is 1. The van der Waals surface area contributed by atoms with E-state index in [1.165, 1.54) is 41.7 Å². The van der Waals surface area contributed by atoms with Crippen molar-refractivity contribution in [2.75, 3.05) is 0 Å². The minimum atomic E-state index is -1.38. The molecule has 10 heteroatoms. The highest BCUT2D eigenvalue weighted by atomic mass is 16.6. The zero-order valence-electron chi connectivity index (χ0n) is 16.2. The lowest BCUT2D eigenvalue weighted by Gasteiger charge is -2.22. The number of aryl methyl sites for hydroxylation is 1. The number of urea groups is 1. The molecule has 1 fully saturated rings. The van der Waals surface area contributed by atoms with E-state index in [-0.39, 0.29) is 23.5 Å². The zero-order chi connectivity index (χ0) is 21.6. The van der Waals surface area contributed by atoms with Gasteiger partial charge in [-0.3, -0.25) is 29.0 Å². The first-order chi connectivity index (χ1) is 14.2. The second-order valence-electron chi connectivity index (χ2n) is 7.22. The Bertz CT molecular complexity index is 1270. The maximum Gasteiger partial charge on any atom is 0.325 e. The Morgan fingerprint density at radius 2 is 1.87 bits per heavy atom. The number of aromatic nitrogens is 2. The van der Waals surface area contributed by atoms with Crippen molar-refractivity contribution in [3.05, 3.63) is 86.0 Å². The van der Waals surface area contributed by atoms with Gasteiger partial charge in [0.05, 0.1) is 17.2 Å². The van der Waals surface area contributed by atoms with E-state index in [9.17, 15) is 24.5 Å². The highest BCUT2D eigenvalue weighted by Crippen LogP contribution is 2.30. The van der Waals surface area contributed by atoms with E-state index in [1.54, 1.807) is 12.3 Å². The summed E-state index contributed by atoms with van der Waals surface area (Å²) >= 11 is 0. The van der Waals surface area contributed by atoms with Crippen molar-refractivity contribution in [1.29, 1.82) is 0 Å². The van der Waals surface area contributed by atoms with Gasteiger partial charge in [-0.25, -0.2) is 9.78 Å². The Morgan fingerprint density at radius 3 is 2.53 bits per heavy atom. The molecule has 152 valence electrons. The van der Waals surface area contributed by atoms with E-state index in [0.717, 1.165) is 10.5 Å². The minimum absolute atomic E-state index is 0.118. The van der Waals surface area contributed by atoms with Crippen LogP contribution in [0.15, 0.2) is 53.5 Å². The van der Waals surface area contributed by atoms with Crippen molar-refractivity contribution in [1.82, 2.24) is 19.6 Å². The van der Waals surface area contributed by atoms with Gasteiger partial charge in [0.25, 0.3) is 17.2 Å². The van der Waals surface area contributed by atoms with Crippen molar-refractivity contribution in [3.63, 3.8) is 0 Å². The van der Waals surface area contributed by atoms with E-state index < -0.39 is 22.4 Å². The van der Waals surface area contributed by atoms with Gasteiger partial charge in [-0.05, 0) is 43.2 Å². The van der Waals surface area contributed by atoms with Gasteiger partial charge in [-0.15, -0.1) is 0 Å². The van der Waals surface area contributed by atoms with Gasteiger partial charge in [0.2, 0.25) is 0 Å². The maximum absolute atomic E-state index is 13.1. The molecule has 3 heterocycles. The maximum atomic E-state index is 13.1. The number of hydrogen-bond acceptors (Lipinski definition) is 6. The van der Waals surface area contributed by atoms with Crippen LogP contribution in [0.2, 0.25) is 0 Å². The fourth-order valence-electron chi connectivity index (χ4n) is 3.50. The molecule has 0 radical (unpaired) electrons. The number of pyridine rings is 1. The van der Waals surface area contributed by atoms with Crippen LogP contribution < -0.4 is 10.9 Å². The molecule has 1 unspecified atom stereocenters. The highest BCUT2D eigenvalue weighted by Gasteiger charge is 2.49. The number of nitrogens with one attached hydrogen (secondary N) is 1. The van der Waals surface area contributed by atoms with Crippen LogP contribution in [-0.4, -0.2) is 31.1 Å². The van der Waals surface area contributed by atoms with Gasteiger partial charge in [0.15, 0.2) is 0 Å². The lowest BCUT2D eigenvalue weighted by atomic mass is 9.92. The van der Waals surface area contributed by atoms with Gasteiger partial charge in [-0.1, -0.05) is 6.07 Å². The summed E-state index contributed by atoms with van der Waals surface area (Å²) in [6.45, 7) is 3.17. The Hall–Kier alpha value is -4.08. The van der Waals surface area contributed by atoms with Crippen molar-refractivity contribution >= 4 is 23.3 Å². The standard InChI is InChI=1S/C20H17N5O5/c1-12-4-3-9-23-16(26)10-14(21-17(12)23)11-24-18(27)20(2,22-19(24)28)13-5-7-15(8-6-13)25(29)30/h3-10H,11H2,1-2H3,(H,22,28). The van der Waals surface area contributed by atoms with Crippen molar-refractivity contribution in [3.8, 4) is 0 Å². The van der Waals surface area contributed by atoms with E-state index in [4.69, 9.17) is 0 Å². The van der Waals surface area contributed by atoms with Crippen molar-refractivity contribution in [2.24, 2.45) is 0 Å². The third-order valence-corrected chi connectivity index (χ3v) is 5.19. The van der Waals surface area contributed by atoms with Crippen molar-refractivity contribution < 1.29 is 14.5 Å². The fourth-order valence-corrected chi connectivity index (χ4v) is 3.50. The lowest BCUT2D eigenvalue weighted by molar-refractivity contribution is -0.384. The Morgan fingerprint density at radius 1 is 1.17 bits per heavy atom. The Balaban J connectivity index is 1.66. The molecule has 30 heavy (non-hydrogen) atoms. The zero-order valence-corrected chi connectivity index (χ0v) is 16.2. The normalized spacial score (nSPS) is 18.7. The van der Waals surface area contributed by atoms with Crippen LogP contribution in [0, 0.1) is 17.0 Å². The molecule has 0 saturated carbocycles. The number of nitro groups is 1. The van der Waals surface area contributed by atoms with Crippen LogP contribution in [0.4, 0.5) is 10.5 Å². The van der Waals surface area contributed by atoms with Gasteiger partial charge >= 0.3 is 6.03 Å². The van der Waals surface area contributed by atoms with E-state index in [2.05, 4.69) is 10.3 Å². The number of carbonyl (C=O) groups is 2. The summed E-state index contributed by atoms with van der Waals surface area (Å²) in [5.74, 6) is -0.534. The van der Waals surface area contributed by atoms with Crippen LogP contribution in [0.5, 0.6) is 0 Å². The topological polar surface area (TPSA) is 127 Å². The monoisotopic (exact) mass is 407 g/mol. The highest BCUT2D eigenvalue weighted by molar-refractivity contribution is 6.07. The molecule has 0 aliphatic carbocycles. The third-order valence-electron chi connectivity index (χ3n) is 5.19. The summed E-state index contributed by atoms with van der Waals surface area (Å²) < 4.78 is 1.39. The summed E-state index contributed by atoms with van der Waals surface area (Å²) in [5, 5.41) is 13.5. The molecule has 10 nitrogen and oxygen atoms in total. The summed E-state index contributed by atoms with van der Waals surface area (Å²) in [6.07, 6.45) is 1.60. The number of fused-ring (bicyclic) bond motifs is 1. The molecule has 0 bridgehead atoms. The average molecular weight is 407 g/mol. The van der Waals surface area contributed by atoms with Gasteiger partial charge in [-0.2, -0.15) is 0 Å². The largest absolute Gasteiger partial charge is 0.325 e. The molecular weight excluding hydrogens is 390 g/mol. The fraction of sp³-hybridized carbons (Fsp3) is 0.200.